The molecule has 0 saturated heterocycles. The molecule has 2 aromatic rings. The summed E-state index contributed by atoms with van der Waals surface area (Å²) in [5.74, 6) is 5.75. The summed E-state index contributed by atoms with van der Waals surface area (Å²) in [5.41, 5.74) is 3.35. The Morgan fingerprint density at radius 3 is 2.94 bits per heavy atom. The van der Waals surface area contributed by atoms with Gasteiger partial charge in [-0.3, -0.25) is 4.98 Å². The van der Waals surface area contributed by atoms with Crippen molar-refractivity contribution in [2.45, 2.75) is 17.1 Å². The number of rotatable bonds is 3. The second kappa shape index (κ2) is 4.86. The number of aromatic nitrogens is 4. The summed E-state index contributed by atoms with van der Waals surface area (Å²) in [6.45, 7) is 1.91. The molecular formula is C9H10N6S. The van der Waals surface area contributed by atoms with Crippen LogP contribution in [0.15, 0.2) is 34.8 Å². The van der Waals surface area contributed by atoms with Crippen molar-refractivity contribution in [1.29, 1.82) is 0 Å². The van der Waals surface area contributed by atoms with Gasteiger partial charge < -0.3 is 5.43 Å². The van der Waals surface area contributed by atoms with Gasteiger partial charge in [-0.2, -0.15) is 0 Å². The smallest absolute Gasteiger partial charge is 0.194 e. The second-order valence-electron chi connectivity index (χ2n) is 2.97. The summed E-state index contributed by atoms with van der Waals surface area (Å²) in [7, 11) is 0. The molecule has 0 spiro atoms. The summed E-state index contributed by atoms with van der Waals surface area (Å²) < 4.78 is 0. The Morgan fingerprint density at radius 2 is 2.19 bits per heavy atom. The maximum Gasteiger partial charge on any atom is 0.194 e. The molecule has 82 valence electrons. The molecule has 16 heavy (non-hydrogen) atoms. The number of hydrazine groups is 1. The van der Waals surface area contributed by atoms with Crippen LogP contribution in [0.1, 0.15) is 5.69 Å². The molecule has 2 heterocycles. The maximum absolute atomic E-state index is 5.24. The Labute approximate surface area is 96.7 Å². The number of nitrogen functional groups attached to an aromatic ring is 1. The van der Waals surface area contributed by atoms with Gasteiger partial charge in [0.05, 0.1) is 12.4 Å². The lowest BCUT2D eigenvalue weighted by Crippen LogP contribution is -2.08. The summed E-state index contributed by atoms with van der Waals surface area (Å²) in [6.07, 6.45) is 4.89. The average Bonchev–Trinajstić information content (AvgIpc) is 2.29. The van der Waals surface area contributed by atoms with Gasteiger partial charge in [0.1, 0.15) is 5.03 Å². The molecule has 3 N–H and O–H groups in total. The van der Waals surface area contributed by atoms with Gasteiger partial charge in [0.2, 0.25) is 0 Å². The quantitative estimate of drug-likeness (QED) is 0.465. The Hall–Kier alpha value is -1.73. The summed E-state index contributed by atoms with van der Waals surface area (Å²) in [5, 5.41) is 1.34. The van der Waals surface area contributed by atoms with Crippen molar-refractivity contribution in [1.82, 2.24) is 19.9 Å². The molecule has 0 aliphatic rings. The van der Waals surface area contributed by atoms with Crippen LogP contribution in [0.2, 0.25) is 0 Å². The number of nitrogens with zero attached hydrogens (tertiary/aromatic N) is 4. The zero-order valence-corrected chi connectivity index (χ0v) is 9.40. The first-order chi connectivity index (χ1) is 7.78. The minimum atomic E-state index is 0.512. The Balaban J connectivity index is 2.20. The third-order valence-corrected chi connectivity index (χ3v) is 2.51. The van der Waals surface area contributed by atoms with Crippen LogP contribution in [-0.2, 0) is 0 Å². The second-order valence-corrected chi connectivity index (χ2v) is 3.96. The maximum atomic E-state index is 5.24. The molecule has 0 radical (unpaired) electrons. The van der Waals surface area contributed by atoms with E-state index >= 15 is 0 Å². The van der Waals surface area contributed by atoms with E-state index in [4.69, 9.17) is 5.84 Å². The van der Waals surface area contributed by atoms with Gasteiger partial charge in [-0.25, -0.2) is 20.8 Å². The van der Waals surface area contributed by atoms with E-state index in [1.54, 1.807) is 18.6 Å². The number of nitrogens with one attached hydrogen (secondary N) is 1. The monoisotopic (exact) mass is 234 g/mol. The molecular weight excluding hydrogens is 224 g/mol. The lowest BCUT2D eigenvalue weighted by atomic mass is 10.5. The van der Waals surface area contributed by atoms with E-state index in [1.165, 1.54) is 11.8 Å². The zero-order chi connectivity index (χ0) is 11.4. The minimum absolute atomic E-state index is 0.512. The molecule has 0 bridgehead atoms. The van der Waals surface area contributed by atoms with E-state index in [0.29, 0.717) is 16.0 Å². The fourth-order valence-electron chi connectivity index (χ4n) is 1.04. The van der Waals surface area contributed by atoms with Crippen LogP contribution in [0, 0.1) is 6.92 Å². The van der Waals surface area contributed by atoms with Crippen molar-refractivity contribution in [3.8, 4) is 0 Å². The van der Waals surface area contributed by atoms with E-state index in [1.807, 2.05) is 13.0 Å². The van der Waals surface area contributed by atoms with Crippen LogP contribution < -0.4 is 11.3 Å². The molecule has 0 aliphatic heterocycles. The normalized spacial score (nSPS) is 10.1. The van der Waals surface area contributed by atoms with E-state index in [2.05, 4.69) is 25.4 Å². The van der Waals surface area contributed by atoms with Gasteiger partial charge in [0.15, 0.2) is 11.0 Å². The first kappa shape index (κ1) is 10.8. The fraction of sp³-hybridized carbons (Fsp3) is 0.111. The molecule has 0 unspecified atom stereocenters. The highest BCUT2D eigenvalue weighted by Gasteiger charge is 2.03. The van der Waals surface area contributed by atoms with Gasteiger partial charge in [-0.15, -0.1) is 0 Å². The number of nitrogens with two attached hydrogens (primary N) is 1. The van der Waals surface area contributed by atoms with Crippen LogP contribution in [-0.4, -0.2) is 19.9 Å². The molecule has 2 aromatic heterocycles. The number of anilines is 1. The van der Waals surface area contributed by atoms with Gasteiger partial charge in [-0.1, -0.05) is 0 Å². The van der Waals surface area contributed by atoms with Crippen LogP contribution in [0.4, 0.5) is 5.82 Å². The molecule has 0 aliphatic carbocycles. The molecule has 0 amide bonds. The van der Waals surface area contributed by atoms with Gasteiger partial charge in [0.25, 0.3) is 0 Å². The lowest BCUT2D eigenvalue weighted by Gasteiger charge is -2.01. The van der Waals surface area contributed by atoms with Crippen molar-refractivity contribution >= 4 is 17.6 Å². The fourth-order valence-corrected chi connectivity index (χ4v) is 1.78. The van der Waals surface area contributed by atoms with Crippen LogP contribution in [0.5, 0.6) is 0 Å². The summed E-state index contributed by atoms with van der Waals surface area (Å²) >= 11 is 1.34. The van der Waals surface area contributed by atoms with Crippen LogP contribution in [0.3, 0.4) is 0 Å². The molecule has 0 atom stereocenters. The predicted octanol–water partition coefficient (Wildman–Crippen LogP) is 1.01. The Kier molecular flexibility index (Phi) is 3.28. The molecule has 0 fully saturated rings. The highest BCUT2D eigenvalue weighted by Crippen LogP contribution is 2.22. The molecule has 6 nitrogen and oxygen atoms in total. The van der Waals surface area contributed by atoms with Crippen molar-refractivity contribution < 1.29 is 0 Å². The van der Waals surface area contributed by atoms with Gasteiger partial charge in [0, 0.05) is 11.9 Å². The molecule has 2 rings (SSSR count). The van der Waals surface area contributed by atoms with Crippen LogP contribution >= 0.6 is 11.8 Å². The van der Waals surface area contributed by atoms with Crippen molar-refractivity contribution in [3.05, 3.63) is 30.4 Å². The van der Waals surface area contributed by atoms with Crippen molar-refractivity contribution in [2.24, 2.45) is 5.84 Å². The third-order valence-electron chi connectivity index (χ3n) is 1.73. The minimum Gasteiger partial charge on any atom is -0.307 e. The Morgan fingerprint density at radius 1 is 1.31 bits per heavy atom. The average molecular weight is 234 g/mol. The van der Waals surface area contributed by atoms with E-state index in [9.17, 15) is 0 Å². The van der Waals surface area contributed by atoms with E-state index in [0.717, 1.165) is 5.69 Å². The van der Waals surface area contributed by atoms with E-state index in [-0.39, 0.29) is 0 Å². The third kappa shape index (κ3) is 2.65. The number of aryl methyl sites for hydroxylation is 1. The summed E-state index contributed by atoms with van der Waals surface area (Å²) in [6, 6.07) is 1.84. The number of hydrogen-bond acceptors (Lipinski definition) is 7. The number of hydrogen-bond donors (Lipinski definition) is 2. The van der Waals surface area contributed by atoms with Crippen molar-refractivity contribution in [2.75, 3.05) is 5.43 Å². The standard InChI is InChI=1S/C9H10N6S/c1-6-2-3-12-9(13-6)16-8-5-11-4-7(14-8)15-10/h2-5H,10H2,1H3,(H,14,15). The van der Waals surface area contributed by atoms with E-state index < -0.39 is 0 Å². The predicted molar refractivity (Wildman–Crippen MR) is 60.7 cm³/mol. The highest BCUT2D eigenvalue weighted by atomic mass is 32.2. The van der Waals surface area contributed by atoms with Crippen LogP contribution in [0.25, 0.3) is 0 Å². The SMILES string of the molecule is Cc1ccnc(Sc2cncc(NN)n2)n1. The van der Waals surface area contributed by atoms with Crippen molar-refractivity contribution in [3.63, 3.8) is 0 Å². The highest BCUT2D eigenvalue weighted by molar-refractivity contribution is 7.99. The van der Waals surface area contributed by atoms with Gasteiger partial charge in [-0.05, 0) is 24.8 Å². The molecule has 0 aromatic carbocycles. The largest absolute Gasteiger partial charge is 0.307 e. The lowest BCUT2D eigenvalue weighted by molar-refractivity contribution is 0.924. The molecule has 0 saturated carbocycles. The topological polar surface area (TPSA) is 89.6 Å². The zero-order valence-electron chi connectivity index (χ0n) is 8.58. The Bertz CT molecular complexity index is 489. The van der Waals surface area contributed by atoms with Gasteiger partial charge >= 0.3 is 0 Å². The summed E-state index contributed by atoms with van der Waals surface area (Å²) in [4.78, 5) is 16.6. The first-order valence-corrected chi connectivity index (χ1v) is 5.36. The first-order valence-electron chi connectivity index (χ1n) is 4.54. The molecule has 7 heteroatoms.